The third kappa shape index (κ3) is 4.19. The van der Waals surface area contributed by atoms with Gasteiger partial charge >= 0.3 is 0 Å². The maximum atomic E-state index is 5.42. The van der Waals surface area contributed by atoms with Gasteiger partial charge in [0.2, 0.25) is 0 Å². The standard InChI is InChI=1S/C16H22N2O2S/c1-11(2)8-17-9-12-10-21-16(18-12)14-7-13(19-3)5-6-15(14)20-4/h5-7,10-11,17H,8-9H2,1-4H3. The van der Waals surface area contributed by atoms with Gasteiger partial charge in [-0.15, -0.1) is 11.3 Å². The summed E-state index contributed by atoms with van der Waals surface area (Å²) in [6.45, 7) is 6.18. The van der Waals surface area contributed by atoms with Crippen molar-refractivity contribution in [1.29, 1.82) is 0 Å². The van der Waals surface area contributed by atoms with Crippen molar-refractivity contribution in [2.75, 3.05) is 20.8 Å². The second kappa shape index (κ2) is 7.43. The van der Waals surface area contributed by atoms with Gasteiger partial charge in [-0.3, -0.25) is 0 Å². The summed E-state index contributed by atoms with van der Waals surface area (Å²) in [6, 6.07) is 5.76. The van der Waals surface area contributed by atoms with E-state index in [1.54, 1.807) is 25.6 Å². The van der Waals surface area contributed by atoms with E-state index in [0.717, 1.165) is 40.9 Å². The Hall–Kier alpha value is -1.59. The fraction of sp³-hybridized carbons (Fsp3) is 0.438. The molecule has 0 aliphatic carbocycles. The molecule has 4 nitrogen and oxygen atoms in total. The molecule has 114 valence electrons. The molecular formula is C16H22N2O2S. The highest BCUT2D eigenvalue weighted by Gasteiger charge is 2.11. The molecule has 21 heavy (non-hydrogen) atoms. The first-order valence-electron chi connectivity index (χ1n) is 7.01. The van der Waals surface area contributed by atoms with Crippen LogP contribution in [0.25, 0.3) is 10.6 Å². The van der Waals surface area contributed by atoms with Gasteiger partial charge in [0.05, 0.1) is 25.5 Å². The van der Waals surface area contributed by atoms with Crippen LogP contribution >= 0.6 is 11.3 Å². The van der Waals surface area contributed by atoms with Gasteiger partial charge in [-0.05, 0) is 30.7 Å². The van der Waals surface area contributed by atoms with Crippen molar-refractivity contribution >= 4 is 11.3 Å². The Morgan fingerprint density at radius 3 is 2.71 bits per heavy atom. The van der Waals surface area contributed by atoms with Crippen molar-refractivity contribution in [3.8, 4) is 22.1 Å². The van der Waals surface area contributed by atoms with Crippen LogP contribution in [-0.4, -0.2) is 25.7 Å². The Bertz CT molecular complexity index is 581. The van der Waals surface area contributed by atoms with Crippen LogP contribution < -0.4 is 14.8 Å². The molecule has 0 amide bonds. The predicted octanol–water partition coefficient (Wildman–Crippen LogP) is 3.57. The van der Waals surface area contributed by atoms with E-state index in [-0.39, 0.29) is 0 Å². The topological polar surface area (TPSA) is 43.4 Å². The largest absolute Gasteiger partial charge is 0.497 e. The Morgan fingerprint density at radius 1 is 1.24 bits per heavy atom. The number of methoxy groups -OCH3 is 2. The van der Waals surface area contributed by atoms with Gasteiger partial charge in [-0.2, -0.15) is 0 Å². The lowest BCUT2D eigenvalue weighted by atomic mass is 10.2. The average molecular weight is 306 g/mol. The molecular weight excluding hydrogens is 284 g/mol. The molecule has 0 saturated carbocycles. The van der Waals surface area contributed by atoms with Crippen LogP contribution in [0, 0.1) is 5.92 Å². The average Bonchev–Trinajstić information content (AvgIpc) is 2.95. The van der Waals surface area contributed by atoms with Gasteiger partial charge in [0, 0.05) is 11.9 Å². The molecule has 1 aromatic heterocycles. The van der Waals surface area contributed by atoms with E-state index in [4.69, 9.17) is 9.47 Å². The van der Waals surface area contributed by atoms with Gasteiger partial charge in [0.1, 0.15) is 16.5 Å². The minimum atomic E-state index is 0.640. The zero-order valence-corrected chi connectivity index (χ0v) is 13.8. The van der Waals surface area contributed by atoms with Gasteiger partial charge in [-0.25, -0.2) is 4.98 Å². The van der Waals surface area contributed by atoms with Crippen LogP contribution in [0.3, 0.4) is 0 Å². The number of hydrogen-bond donors (Lipinski definition) is 1. The van der Waals surface area contributed by atoms with Gasteiger partial charge in [-0.1, -0.05) is 13.8 Å². The summed E-state index contributed by atoms with van der Waals surface area (Å²) < 4.78 is 10.7. The van der Waals surface area contributed by atoms with Crippen LogP contribution in [0.4, 0.5) is 0 Å². The maximum absolute atomic E-state index is 5.42. The first-order valence-corrected chi connectivity index (χ1v) is 7.89. The van der Waals surface area contributed by atoms with Crippen molar-refractivity contribution in [2.24, 2.45) is 5.92 Å². The van der Waals surface area contributed by atoms with E-state index in [1.807, 2.05) is 18.2 Å². The molecule has 2 aromatic rings. The molecule has 0 bridgehead atoms. The first kappa shape index (κ1) is 15.8. The van der Waals surface area contributed by atoms with Gasteiger partial charge < -0.3 is 14.8 Å². The zero-order valence-electron chi connectivity index (χ0n) is 13.0. The van der Waals surface area contributed by atoms with Crippen LogP contribution in [0.1, 0.15) is 19.5 Å². The Kier molecular flexibility index (Phi) is 5.59. The van der Waals surface area contributed by atoms with Crippen LogP contribution in [-0.2, 0) is 6.54 Å². The summed E-state index contributed by atoms with van der Waals surface area (Å²) in [4.78, 5) is 4.68. The third-order valence-electron chi connectivity index (χ3n) is 3.05. The Morgan fingerprint density at radius 2 is 2.05 bits per heavy atom. The number of ether oxygens (including phenoxy) is 2. The van der Waals surface area contributed by atoms with Crippen LogP contribution in [0.5, 0.6) is 11.5 Å². The molecule has 0 unspecified atom stereocenters. The summed E-state index contributed by atoms with van der Waals surface area (Å²) in [5, 5.41) is 6.44. The molecule has 0 aliphatic heterocycles. The van der Waals surface area contributed by atoms with Gasteiger partial charge in [0.25, 0.3) is 0 Å². The number of nitrogens with zero attached hydrogens (tertiary/aromatic N) is 1. The molecule has 0 fully saturated rings. The van der Waals surface area contributed by atoms with Crippen LogP contribution in [0.2, 0.25) is 0 Å². The lowest BCUT2D eigenvalue weighted by molar-refractivity contribution is 0.404. The fourth-order valence-electron chi connectivity index (χ4n) is 1.98. The highest BCUT2D eigenvalue weighted by Crippen LogP contribution is 2.35. The number of hydrogen-bond acceptors (Lipinski definition) is 5. The summed E-state index contributed by atoms with van der Waals surface area (Å²) in [6.07, 6.45) is 0. The minimum Gasteiger partial charge on any atom is -0.497 e. The van der Waals surface area contributed by atoms with E-state index in [2.05, 4.69) is 29.5 Å². The second-order valence-corrected chi connectivity index (χ2v) is 6.09. The third-order valence-corrected chi connectivity index (χ3v) is 3.97. The normalized spacial score (nSPS) is 10.9. The first-order chi connectivity index (χ1) is 10.1. The quantitative estimate of drug-likeness (QED) is 0.849. The lowest BCUT2D eigenvalue weighted by Gasteiger charge is -2.08. The summed E-state index contributed by atoms with van der Waals surface area (Å²) in [7, 11) is 3.33. The molecule has 0 radical (unpaired) electrons. The molecule has 0 saturated heterocycles. The minimum absolute atomic E-state index is 0.640. The Labute approximate surface area is 130 Å². The SMILES string of the molecule is COc1ccc(OC)c(-c2nc(CNCC(C)C)cs2)c1. The molecule has 0 atom stereocenters. The second-order valence-electron chi connectivity index (χ2n) is 5.23. The number of thiazole rings is 1. The summed E-state index contributed by atoms with van der Waals surface area (Å²) in [5.41, 5.74) is 2.03. The summed E-state index contributed by atoms with van der Waals surface area (Å²) >= 11 is 1.62. The fourth-order valence-corrected chi connectivity index (χ4v) is 2.82. The molecule has 0 aliphatic rings. The zero-order chi connectivity index (χ0) is 15.2. The van der Waals surface area contributed by atoms with Crippen molar-refractivity contribution in [3.63, 3.8) is 0 Å². The molecule has 5 heteroatoms. The highest BCUT2D eigenvalue weighted by molar-refractivity contribution is 7.13. The van der Waals surface area contributed by atoms with Gasteiger partial charge in [0.15, 0.2) is 0 Å². The smallest absolute Gasteiger partial charge is 0.129 e. The molecule has 1 aromatic carbocycles. The number of benzene rings is 1. The molecule has 0 spiro atoms. The number of nitrogens with one attached hydrogen (secondary N) is 1. The maximum Gasteiger partial charge on any atom is 0.129 e. The predicted molar refractivity (Wildman–Crippen MR) is 87.2 cm³/mol. The molecule has 1 N–H and O–H groups in total. The van der Waals surface area contributed by atoms with Crippen molar-refractivity contribution < 1.29 is 9.47 Å². The van der Waals surface area contributed by atoms with Crippen LogP contribution in [0.15, 0.2) is 23.6 Å². The summed E-state index contributed by atoms with van der Waals surface area (Å²) in [5.74, 6) is 2.26. The van der Waals surface area contributed by atoms with E-state index in [0.29, 0.717) is 5.92 Å². The monoisotopic (exact) mass is 306 g/mol. The van der Waals surface area contributed by atoms with E-state index in [1.165, 1.54) is 0 Å². The van der Waals surface area contributed by atoms with E-state index in [9.17, 15) is 0 Å². The highest BCUT2D eigenvalue weighted by atomic mass is 32.1. The van der Waals surface area contributed by atoms with E-state index < -0.39 is 0 Å². The van der Waals surface area contributed by atoms with E-state index >= 15 is 0 Å². The number of aromatic nitrogens is 1. The Balaban J connectivity index is 2.16. The lowest BCUT2D eigenvalue weighted by Crippen LogP contribution is -2.19. The molecule has 2 rings (SSSR count). The van der Waals surface area contributed by atoms with Crippen molar-refractivity contribution in [3.05, 3.63) is 29.3 Å². The van der Waals surface area contributed by atoms with Crippen molar-refractivity contribution in [1.82, 2.24) is 10.3 Å². The van der Waals surface area contributed by atoms with Crippen molar-refractivity contribution in [2.45, 2.75) is 20.4 Å². The number of rotatable bonds is 7. The molecule has 1 heterocycles.